The predicted molar refractivity (Wildman–Crippen MR) is 71.9 cm³/mol. The van der Waals surface area contributed by atoms with Gasteiger partial charge in [0, 0.05) is 24.9 Å². The quantitative estimate of drug-likeness (QED) is 0.724. The van der Waals surface area contributed by atoms with Crippen LogP contribution in [0.15, 0.2) is 12.3 Å². The molecule has 2 aromatic heterocycles. The van der Waals surface area contributed by atoms with Crippen LogP contribution in [0.2, 0.25) is 0 Å². The van der Waals surface area contributed by atoms with E-state index in [1.54, 1.807) is 10.9 Å². The lowest BCUT2D eigenvalue weighted by atomic mass is 10.3. The number of aliphatic hydroxyl groups excluding tert-OH is 1. The molecule has 2 heterocycles. The SMILES string of the molecule is Cc1cc(Nc2nc(CS)ncc2CO)n(C)n1. The smallest absolute Gasteiger partial charge is 0.140 e. The van der Waals surface area contributed by atoms with Gasteiger partial charge in [0.2, 0.25) is 0 Å². The minimum atomic E-state index is -0.119. The summed E-state index contributed by atoms with van der Waals surface area (Å²) in [4.78, 5) is 8.40. The molecule has 0 saturated heterocycles. The number of thiol groups is 1. The van der Waals surface area contributed by atoms with E-state index in [4.69, 9.17) is 0 Å². The first-order chi connectivity index (χ1) is 8.63. The van der Waals surface area contributed by atoms with E-state index in [1.807, 2.05) is 20.0 Å². The molecule has 2 N–H and O–H groups in total. The van der Waals surface area contributed by atoms with Crippen molar-refractivity contribution in [2.45, 2.75) is 19.3 Å². The molecule has 0 aliphatic heterocycles. The number of nitrogens with zero attached hydrogens (tertiary/aromatic N) is 4. The normalized spacial score (nSPS) is 10.7. The van der Waals surface area contributed by atoms with Crippen molar-refractivity contribution in [3.05, 3.63) is 29.3 Å². The van der Waals surface area contributed by atoms with Gasteiger partial charge in [0.05, 0.1) is 18.1 Å². The molecule has 0 atom stereocenters. The van der Waals surface area contributed by atoms with E-state index in [9.17, 15) is 5.11 Å². The molecule has 0 amide bonds. The Morgan fingerprint density at radius 2 is 2.28 bits per heavy atom. The second kappa shape index (κ2) is 5.36. The maximum Gasteiger partial charge on any atom is 0.140 e. The van der Waals surface area contributed by atoms with Crippen LogP contribution in [0.25, 0.3) is 0 Å². The van der Waals surface area contributed by atoms with Crippen LogP contribution in [0.5, 0.6) is 0 Å². The highest BCUT2D eigenvalue weighted by Gasteiger charge is 2.09. The highest BCUT2D eigenvalue weighted by atomic mass is 32.1. The molecule has 0 saturated carbocycles. The van der Waals surface area contributed by atoms with Crippen molar-refractivity contribution >= 4 is 24.3 Å². The standard InChI is InChI=1S/C11H15N5OS/c1-7-3-10(16(2)15-7)14-11-8(5-17)4-12-9(6-18)13-11/h3-4,17-18H,5-6H2,1-2H3,(H,12,13,14). The van der Waals surface area contributed by atoms with Crippen LogP contribution in [-0.2, 0) is 19.4 Å². The van der Waals surface area contributed by atoms with Gasteiger partial charge in [-0.15, -0.1) is 0 Å². The van der Waals surface area contributed by atoms with Gasteiger partial charge in [0.1, 0.15) is 17.5 Å². The number of anilines is 2. The maximum atomic E-state index is 9.27. The fourth-order valence-electron chi connectivity index (χ4n) is 1.59. The number of nitrogens with one attached hydrogen (secondary N) is 1. The van der Waals surface area contributed by atoms with E-state index in [2.05, 4.69) is 33.0 Å². The third-order valence-corrected chi connectivity index (χ3v) is 2.76. The van der Waals surface area contributed by atoms with Crippen LogP contribution < -0.4 is 5.32 Å². The summed E-state index contributed by atoms with van der Waals surface area (Å²) in [5, 5.41) is 16.7. The van der Waals surface area contributed by atoms with Crippen LogP contribution in [0, 0.1) is 6.92 Å². The Morgan fingerprint density at radius 3 is 2.83 bits per heavy atom. The Labute approximate surface area is 110 Å². The first-order valence-electron chi connectivity index (χ1n) is 5.48. The molecule has 6 nitrogen and oxygen atoms in total. The van der Waals surface area contributed by atoms with Gasteiger partial charge in [-0.2, -0.15) is 17.7 Å². The molecule has 2 aromatic rings. The fraction of sp³-hybridized carbons (Fsp3) is 0.364. The van der Waals surface area contributed by atoms with E-state index in [1.165, 1.54) is 0 Å². The summed E-state index contributed by atoms with van der Waals surface area (Å²) in [6.45, 7) is 1.79. The molecule has 0 unspecified atom stereocenters. The molecular formula is C11H15N5OS. The average Bonchev–Trinajstić information content (AvgIpc) is 2.67. The van der Waals surface area contributed by atoms with Gasteiger partial charge >= 0.3 is 0 Å². The molecule has 0 radical (unpaired) electrons. The molecule has 18 heavy (non-hydrogen) atoms. The lowest BCUT2D eigenvalue weighted by Gasteiger charge is -2.10. The number of aryl methyl sites for hydroxylation is 2. The lowest BCUT2D eigenvalue weighted by molar-refractivity contribution is 0.281. The fourth-order valence-corrected chi connectivity index (χ4v) is 1.74. The summed E-state index contributed by atoms with van der Waals surface area (Å²) in [5.74, 6) is 2.45. The van der Waals surface area contributed by atoms with Crippen molar-refractivity contribution in [2.75, 3.05) is 5.32 Å². The number of aromatic nitrogens is 4. The summed E-state index contributed by atoms with van der Waals surface area (Å²) >= 11 is 4.14. The Hall–Kier alpha value is -1.60. The Kier molecular flexibility index (Phi) is 3.83. The molecule has 0 fully saturated rings. The molecule has 0 spiro atoms. The number of rotatable bonds is 4. The zero-order valence-corrected chi connectivity index (χ0v) is 11.1. The van der Waals surface area contributed by atoms with Crippen molar-refractivity contribution in [2.24, 2.45) is 7.05 Å². The summed E-state index contributed by atoms with van der Waals surface area (Å²) in [5.41, 5.74) is 1.55. The largest absolute Gasteiger partial charge is 0.391 e. The molecule has 0 aliphatic rings. The highest BCUT2D eigenvalue weighted by molar-refractivity contribution is 7.79. The van der Waals surface area contributed by atoms with Gasteiger partial charge in [0.25, 0.3) is 0 Å². The maximum absolute atomic E-state index is 9.27. The van der Waals surface area contributed by atoms with E-state index < -0.39 is 0 Å². The van der Waals surface area contributed by atoms with Crippen LogP contribution in [0.4, 0.5) is 11.6 Å². The monoisotopic (exact) mass is 265 g/mol. The molecule has 7 heteroatoms. The van der Waals surface area contributed by atoms with Gasteiger partial charge in [0.15, 0.2) is 0 Å². The van der Waals surface area contributed by atoms with Crippen LogP contribution in [0.1, 0.15) is 17.1 Å². The second-order valence-electron chi connectivity index (χ2n) is 3.90. The molecule has 0 bridgehead atoms. The van der Waals surface area contributed by atoms with E-state index in [0.29, 0.717) is 23.0 Å². The minimum absolute atomic E-state index is 0.119. The molecule has 96 valence electrons. The topological polar surface area (TPSA) is 75.9 Å². The van der Waals surface area contributed by atoms with Crippen molar-refractivity contribution < 1.29 is 5.11 Å². The lowest BCUT2D eigenvalue weighted by Crippen LogP contribution is -2.06. The summed E-state index contributed by atoms with van der Waals surface area (Å²) < 4.78 is 1.72. The van der Waals surface area contributed by atoms with Gasteiger partial charge in [-0.1, -0.05) is 0 Å². The summed E-state index contributed by atoms with van der Waals surface area (Å²) in [6.07, 6.45) is 1.60. The third kappa shape index (κ3) is 2.62. The van der Waals surface area contributed by atoms with Crippen LogP contribution >= 0.6 is 12.6 Å². The zero-order valence-electron chi connectivity index (χ0n) is 10.3. The summed E-state index contributed by atoms with van der Waals surface area (Å²) in [6, 6.07) is 1.91. The number of hydrogen-bond acceptors (Lipinski definition) is 6. The minimum Gasteiger partial charge on any atom is -0.391 e. The predicted octanol–water partition coefficient (Wildman–Crippen LogP) is 1.18. The van der Waals surface area contributed by atoms with Crippen molar-refractivity contribution in [1.82, 2.24) is 19.7 Å². The molecular weight excluding hydrogens is 250 g/mol. The third-order valence-electron chi connectivity index (χ3n) is 2.47. The Bertz CT molecular complexity index is 554. The van der Waals surface area contributed by atoms with Crippen LogP contribution in [0.3, 0.4) is 0 Å². The second-order valence-corrected chi connectivity index (χ2v) is 4.21. The van der Waals surface area contributed by atoms with E-state index in [0.717, 1.165) is 11.5 Å². The first-order valence-corrected chi connectivity index (χ1v) is 6.11. The molecule has 2 rings (SSSR count). The van der Waals surface area contributed by atoms with Gasteiger partial charge in [-0.3, -0.25) is 4.68 Å². The zero-order chi connectivity index (χ0) is 13.1. The number of hydrogen-bond donors (Lipinski definition) is 3. The van der Waals surface area contributed by atoms with Crippen molar-refractivity contribution in [3.8, 4) is 0 Å². The first kappa shape index (κ1) is 12.8. The van der Waals surface area contributed by atoms with Gasteiger partial charge < -0.3 is 10.4 Å². The molecule has 0 aliphatic carbocycles. The van der Waals surface area contributed by atoms with Gasteiger partial charge in [-0.25, -0.2) is 9.97 Å². The van der Waals surface area contributed by atoms with Crippen molar-refractivity contribution in [1.29, 1.82) is 0 Å². The van der Waals surface area contributed by atoms with Gasteiger partial charge in [-0.05, 0) is 6.92 Å². The van der Waals surface area contributed by atoms with E-state index >= 15 is 0 Å². The molecule has 0 aromatic carbocycles. The average molecular weight is 265 g/mol. The highest BCUT2D eigenvalue weighted by Crippen LogP contribution is 2.19. The Morgan fingerprint density at radius 1 is 1.50 bits per heavy atom. The number of aliphatic hydroxyl groups is 1. The Balaban J connectivity index is 2.35. The van der Waals surface area contributed by atoms with Crippen molar-refractivity contribution in [3.63, 3.8) is 0 Å². The van der Waals surface area contributed by atoms with Crippen LogP contribution in [-0.4, -0.2) is 24.9 Å². The van der Waals surface area contributed by atoms with E-state index in [-0.39, 0.29) is 6.61 Å². The summed E-state index contributed by atoms with van der Waals surface area (Å²) in [7, 11) is 1.84.